The fraction of sp³-hybridized carbons (Fsp3) is 0.769. The van der Waals surface area contributed by atoms with Crippen molar-refractivity contribution >= 4 is 16.5 Å². The number of aliphatic hydroxyl groups is 1. The maximum Gasteiger partial charge on any atom is 0.185 e. The van der Waals surface area contributed by atoms with Crippen LogP contribution >= 0.6 is 11.3 Å². The van der Waals surface area contributed by atoms with E-state index in [0.717, 1.165) is 44.2 Å². The lowest BCUT2D eigenvalue weighted by atomic mass is 10.2. The molecule has 0 saturated heterocycles. The molecule has 0 aliphatic rings. The average Bonchev–Trinajstić information content (AvgIpc) is 2.84. The van der Waals surface area contributed by atoms with E-state index in [4.69, 9.17) is 0 Å². The van der Waals surface area contributed by atoms with Crippen LogP contribution in [0.2, 0.25) is 0 Å². The largest absolute Gasteiger partial charge is 0.393 e. The van der Waals surface area contributed by atoms with Crippen LogP contribution in [0.1, 0.15) is 38.5 Å². The molecule has 4 nitrogen and oxygen atoms in total. The summed E-state index contributed by atoms with van der Waals surface area (Å²) < 4.78 is 0. The molecular weight excluding hydrogens is 246 g/mol. The predicted octanol–water partition coefficient (Wildman–Crippen LogP) is 2.24. The smallest absolute Gasteiger partial charge is 0.185 e. The van der Waals surface area contributed by atoms with Gasteiger partial charge in [-0.15, -0.1) is 11.3 Å². The highest BCUT2D eigenvalue weighted by atomic mass is 32.1. The Labute approximate surface area is 114 Å². The monoisotopic (exact) mass is 271 g/mol. The van der Waals surface area contributed by atoms with Gasteiger partial charge in [0.05, 0.1) is 6.10 Å². The van der Waals surface area contributed by atoms with Crippen LogP contribution in [0.4, 0.5) is 5.13 Å². The number of aliphatic hydroxyl groups excluding tert-OH is 1. The van der Waals surface area contributed by atoms with Gasteiger partial charge in [-0.05, 0) is 33.2 Å². The van der Waals surface area contributed by atoms with E-state index >= 15 is 0 Å². The van der Waals surface area contributed by atoms with Crippen LogP contribution < -0.4 is 10.2 Å². The summed E-state index contributed by atoms with van der Waals surface area (Å²) >= 11 is 1.74. The Balaban J connectivity index is 2.31. The van der Waals surface area contributed by atoms with E-state index in [0.29, 0.717) is 0 Å². The molecule has 0 aliphatic carbocycles. The summed E-state index contributed by atoms with van der Waals surface area (Å²) in [7, 11) is 0. The minimum atomic E-state index is -0.176. The quantitative estimate of drug-likeness (QED) is 0.676. The minimum Gasteiger partial charge on any atom is -0.393 e. The number of hydrogen-bond acceptors (Lipinski definition) is 5. The highest BCUT2D eigenvalue weighted by Gasteiger charge is 2.07. The maximum atomic E-state index is 9.44. The fourth-order valence-corrected chi connectivity index (χ4v) is 2.71. The van der Waals surface area contributed by atoms with Crippen molar-refractivity contribution < 1.29 is 5.11 Å². The van der Waals surface area contributed by atoms with Crippen molar-refractivity contribution in [1.82, 2.24) is 10.3 Å². The third kappa shape index (κ3) is 4.92. The SMILES string of the molecule is CCC(O)CCNCc1cnc(N(CC)CC)s1. The highest BCUT2D eigenvalue weighted by Crippen LogP contribution is 2.21. The third-order valence-electron chi connectivity index (χ3n) is 3.00. The Bertz CT molecular complexity index is 326. The molecule has 0 spiro atoms. The van der Waals surface area contributed by atoms with Gasteiger partial charge in [0.25, 0.3) is 0 Å². The number of anilines is 1. The highest BCUT2D eigenvalue weighted by molar-refractivity contribution is 7.15. The molecule has 0 fully saturated rings. The molecule has 18 heavy (non-hydrogen) atoms. The van der Waals surface area contributed by atoms with Crippen LogP contribution in [0, 0.1) is 0 Å². The number of nitrogens with zero attached hydrogens (tertiary/aromatic N) is 2. The first-order valence-corrected chi connectivity index (χ1v) is 7.61. The lowest BCUT2D eigenvalue weighted by molar-refractivity contribution is 0.160. The summed E-state index contributed by atoms with van der Waals surface area (Å²) in [6, 6.07) is 0. The molecule has 1 unspecified atom stereocenters. The number of aromatic nitrogens is 1. The van der Waals surface area contributed by atoms with Gasteiger partial charge in [-0.2, -0.15) is 0 Å². The fourth-order valence-electron chi connectivity index (χ4n) is 1.70. The van der Waals surface area contributed by atoms with Gasteiger partial charge in [0, 0.05) is 30.7 Å². The van der Waals surface area contributed by atoms with Crippen LogP contribution in [0.5, 0.6) is 0 Å². The third-order valence-corrected chi connectivity index (χ3v) is 4.06. The molecular formula is C13H25N3OS. The van der Waals surface area contributed by atoms with Crippen LogP contribution in [-0.2, 0) is 6.54 Å². The molecule has 1 atom stereocenters. The van der Waals surface area contributed by atoms with Crippen LogP contribution in [0.3, 0.4) is 0 Å². The Morgan fingerprint density at radius 2 is 2.11 bits per heavy atom. The van der Waals surface area contributed by atoms with Gasteiger partial charge in [-0.1, -0.05) is 6.92 Å². The molecule has 1 aromatic heterocycles. The second-order valence-electron chi connectivity index (χ2n) is 4.31. The summed E-state index contributed by atoms with van der Waals surface area (Å²) in [4.78, 5) is 7.95. The Hall–Kier alpha value is -0.650. The van der Waals surface area contributed by atoms with Crippen molar-refractivity contribution in [1.29, 1.82) is 0 Å². The molecule has 2 N–H and O–H groups in total. The van der Waals surface area contributed by atoms with E-state index < -0.39 is 0 Å². The molecule has 0 aromatic carbocycles. The van der Waals surface area contributed by atoms with E-state index in [2.05, 4.69) is 29.0 Å². The molecule has 1 aromatic rings. The summed E-state index contributed by atoms with van der Waals surface area (Å²) in [5, 5.41) is 13.9. The van der Waals surface area contributed by atoms with E-state index in [1.165, 1.54) is 4.88 Å². The van der Waals surface area contributed by atoms with Crippen molar-refractivity contribution in [2.45, 2.75) is 46.3 Å². The molecule has 0 aliphatic heterocycles. The zero-order chi connectivity index (χ0) is 13.4. The normalized spacial score (nSPS) is 12.7. The van der Waals surface area contributed by atoms with E-state index in [1.54, 1.807) is 11.3 Å². The van der Waals surface area contributed by atoms with Crippen molar-refractivity contribution in [3.63, 3.8) is 0 Å². The standard InChI is InChI=1S/C13H25N3OS/c1-4-11(17)7-8-14-9-12-10-15-13(18-12)16(5-2)6-3/h10-11,14,17H,4-9H2,1-3H3. The van der Waals surface area contributed by atoms with E-state index in [9.17, 15) is 5.11 Å². The Morgan fingerprint density at radius 3 is 2.72 bits per heavy atom. The topological polar surface area (TPSA) is 48.4 Å². The Kier molecular flexibility index (Phi) is 7.23. The zero-order valence-corrected chi connectivity index (χ0v) is 12.5. The molecule has 1 heterocycles. The summed E-state index contributed by atoms with van der Waals surface area (Å²) in [6.45, 7) is 10.00. The average molecular weight is 271 g/mol. The summed E-state index contributed by atoms with van der Waals surface area (Å²) in [6.07, 6.45) is 3.42. The second-order valence-corrected chi connectivity index (χ2v) is 5.40. The summed E-state index contributed by atoms with van der Waals surface area (Å²) in [5.74, 6) is 0. The molecule has 0 amide bonds. The molecule has 0 bridgehead atoms. The van der Waals surface area contributed by atoms with Gasteiger partial charge in [0.2, 0.25) is 0 Å². The summed E-state index contributed by atoms with van der Waals surface area (Å²) in [5.41, 5.74) is 0. The van der Waals surface area contributed by atoms with Gasteiger partial charge < -0.3 is 15.3 Å². The Morgan fingerprint density at radius 1 is 1.39 bits per heavy atom. The van der Waals surface area contributed by atoms with Gasteiger partial charge in [-0.3, -0.25) is 0 Å². The second kappa shape index (κ2) is 8.45. The number of hydrogen-bond donors (Lipinski definition) is 2. The van der Waals surface area contributed by atoms with Crippen molar-refractivity contribution in [3.8, 4) is 0 Å². The van der Waals surface area contributed by atoms with E-state index in [1.807, 2.05) is 13.1 Å². The zero-order valence-electron chi connectivity index (χ0n) is 11.6. The van der Waals surface area contributed by atoms with Crippen molar-refractivity contribution in [2.24, 2.45) is 0 Å². The number of nitrogens with one attached hydrogen (secondary N) is 1. The minimum absolute atomic E-state index is 0.176. The van der Waals surface area contributed by atoms with Crippen LogP contribution in [-0.4, -0.2) is 35.8 Å². The molecule has 5 heteroatoms. The predicted molar refractivity (Wildman–Crippen MR) is 78.3 cm³/mol. The van der Waals surface area contributed by atoms with Gasteiger partial charge in [0.15, 0.2) is 5.13 Å². The first-order chi connectivity index (χ1) is 8.71. The van der Waals surface area contributed by atoms with Gasteiger partial charge >= 0.3 is 0 Å². The van der Waals surface area contributed by atoms with Gasteiger partial charge in [-0.25, -0.2) is 4.98 Å². The maximum absolute atomic E-state index is 9.44. The van der Waals surface area contributed by atoms with Gasteiger partial charge in [0.1, 0.15) is 0 Å². The molecule has 104 valence electrons. The van der Waals surface area contributed by atoms with Crippen LogP contribution in [0.25, 0.3) is 0 Å². The lowest BCUT2D eigenvalue weighted by Crippen LogP contribution is -2.21. The number of thiazole rings is 1. The van der Waals surface area contributed by atoms with E-state index in [-0.39, 0.29) is 6.10 Å². The molecule has 0 radical (unpaired) electrons. The van der Waals surface area contributed by atoms with Crippen molar-refractivity contribution in [2.75, 3.05) is 24.5 Å². The number of rotatable bonds is 9. The first-order valence-electron chi connectivity index (χ1n) is 6.79. The first kappa shape index (κ1) is 15.4. The molecule has 1 rings (SSSR count). The van der Waals surface area contributed by atoms with Crippen LogP contribution in [0.15, 0.2) is 6.20 Å². The lowest BCUT2D eigenvalue weighted by Gasteiger charge is -2.16. The molecule has 0 saturated carbocycles. The van der Waals surface area contributed by atoms with Crippen molar-refractivity contribution in [3.05, 3.63) is 11.1 Å².